The first-order valence-corrected chi connectivity index (χ1v) is 5.89. The van der Waals surface area contributed by atoms with Crippen LogP contribution in [-0.4, -0.2) is 0 Å². The number of hydrogen-bond donors (Lipinski definition) is 1. The molecule has 19 heavy (non-hydrogen) atoms. The Morgan fingerprint density at radius 3 is 2.16 bits per heavy atom. The first-order valence-electron chi connectivity index (χ1n) is 5.89. The van der Waals surface area contributed by atoms with Gasteiger partial charge in [-0.05, 0) is 35.7 Å². The Kier molecular flexibility index (Phi) is 3.62. The van der Waals surface area contributed by atoms with Crippen LogP contribution in [0.4, 0.5) is 13.2 Å². The fraction of sp³-hybridized carbons (Fsp3) is 0.200. The zero-order valence-corrected chi connectivity index (χ0v) is 10.5. The second-order valence-electron chi connectivity index (χ2n) is 4.44. The molecule has 4 heteroatoms. The average molecular weight is 265 g/mol. The minimum atomic E-state index is -4.34. The smallest absolute Gasteiger partial charge is 0.326 e. The van der Waals surface area contributed by atoms with Gasteiger partial charge in [-0.2, -0.15) is 13.2 Å². The zero-order valence-electron chi connectivity index (χ0n) is 10.5. The van der Waals surface area contributed by atoms with E-state index in [0.717, 1.165) is 28.8 Å². The van der Waals surface area contributed by atoms with E-state index in [2.05, 4.69) is 0 Å². The lowest BCUT2D eigenvalue weighted by Crippen LogP contribution is -2.08. The molecule has 0 aliphatic carbocycles. The van der Waals surface area contributed by atoms with Gasteiger partial charge in [-0.3, -0.25) is 0 Å². The molecule has 2 aromatic carbocycles. The first-order chi connectivity index (χ1) is 8.91. The summed E-state index contributed by atoms with van der Waals surface area (Å²) in [6.07, 6.45) is -4.34. The normalized spacial score (nSPS) is 11.6. The predicted octanol–water partition coefficient (Wildman–Crippen LogP) is 4.14. The summed E-state index contributed by atoms with van der Waals surface area (Å²) in [5.74, 6) is 0. The Hall–Kier alpha value is -1.81. The van der Waals surface area contributed by atoms with E-state index in [1.54, 1.807) is 0 Å². The van der Waals surface area contributed by atoms with Crippen LogP contribution in [0.15, 0.2) is 42.5 Å². The van der Waals surface area contributed by atoms with E-state index in [0.29, 0.717) is 5.56 Å². The summed E-state index contributed by atoms with van der Waals surface area (Å²) in [6.45, 7) is 2.04. The van der Waals surface area contributed by atoms with E-state index in [4.69, 9.17) is 5.73 Å². The second-order valence-corrected chi connectivity index (χ2v) is 4.44. The Balaban J connectivity index is 2.50. The van der Waals surface area contributed by atoms with Gasteiger partial charge in [0.05, 0.1) is 5.56 Å². The summed E-state index contributed by atoms with van der Waals surface area (Å²) in [7, 11) is 0. The van der Waals surface area contributed by atoms with E-state index in [-0.39, 0.29) is 6.54 Å². The lowest BCUT2D eigenvalue weighted by Gasteiger charge is -2.13. The fourth-order valence-corrected chi connectivity index (χ4v) is 1.95. The van der Waals surface area contributed by atoms with Crippen molar-refractivity contribution in [3.63, 3.8) is 0 Å². The molecule has 2 N–H and O–H groups in total. The molecule has 0 atom stereocenters. The van der Waals surface area contributed by atoms with Crippen molar-refractivity contribution in [3.05, 3.63) is 59.2 Å². The van der Waals surface area contributed by atoms with Crippen LogP contribution in [0.25, 0.3) is 11.1 Å². The molecule has 0 fully saturated rings. The highest BCUT2D eigenvalue weighted by atomic mass is 19.4. The molecule has 0 aliphatic rings. The van der Waals surface area contributed by atoms with Gasteiger partial charge in [0, 0.05) is 6.54 Å². The van der Waals surface area contributed by atoms with Gasteiger partial charge in [0.15, 0.2) is 0 Å². The summed E-state index contributed by atoms with van der Waals surface area (Å²) in [5, 5.41) is 0. The standard InChI is InChI=1S/C15H14F3N/c1-10-2-4-11(5-3-10)14-7-6-13(15(16,17)18)8-12(14)9-19/h2-8H,9,19H2,1H3. The van der Waals surface area contributed by atoms with Crippen LogP contribution in [-0.2, 0) is 12.7 Å². The molecule has 0 aliphatic heterocycles. The molecule has 0 heterocycles. The van der Waals surface area contributed by atoms with Crippen molar-refractivity contribution in [3.8, 4) is 11.1 Å². The van der Waals surface area contributed by atoms with Gasteiger partial charge in [-0.1, -0.05) is 35.9 Å². The molecule has 1 nitrogen and oxygen atoms in total. The molecule has 2 aromatic rings. The van der Waals surface area contributed by atoms with Gasteiger partial charge in [-0.15, -0.1) is 0 Å². The number of nitrogens with two attached hydrogens (primary N) is 1. The van der Waals surface area contributed by atoms with Gasteiger partial charge in [0.1, 0.15) is 0 Å². The maximum Gasteiger partial charge on any atom is 0.416 e. The lowest BCUT2D eigenvalue weighted by molar-refractivity contribution is -0.137. The van der Waals surface area contributed by atoms with Crippen molar-refractivity contribution in [1.82, 2.24) is 0 Å². The SMILES string of the molecule is Cc1ccc(-c2ccc(C(F)(F)F)cc2CN)cc1. The summed E-state index contributed by atoms with van der Waals surface area (Å²) >= 11 is 0. The predicted molar refractivity (Wildman–Crippen MR) is 69.5 cm³/mol. The number of benzene rings is 2. The molecule has 2 rings (SSSR count). The van der Waals surface area contributed by atoms with Crippen molar-refractivity contribution in [2.75, 3.05) is 0 Å². The fourth-order valence-electron chi connectivity index (χ4n) is 1.95. The Labute approximate surface area is 109 Å². The van der Waals surface area contributed by atoms with E-state index in [1.165, 1.54) is 6.07 Å². The quantitative estimate of drug-likeness (QED) is 0.867. The Bertz CT molecular complexity index is 571. The van der Waals surface area contributed by atoms with E-state index in [9.17, 15) is 13.2 Å². The van der Waals surface area contributed by atoms with Crippen molar-refractivity contribution < 1.29 is 13.2 Å². The summed E-state index contributed by atoms with van der Waals surface area (Å²) in [4.78, 5) is 0. The molecule has 100 valence electrons. The summed E-state index contributed by atoms with van der Waals surface area (Å²) < 4.78 is 38.0. The highest BCUT2D eigenvalue weighted by Crippen LogP contribution is 2.33. The molecule has 0 unspecified atom stereocenters. The van der Waals surface area contributed by atoms with E-state index < -0.39 is 11.7 Å². The molecule has 0 saturated heterocycles. The maximum absolute atomic E-state index is 12.7. The minimum Gasteiger partial charge on any atom is -0.326 e. The monoisotopic (exact) mass is 265 g/mol. The van der Waals surface area contributed by atoms with Crippen molar-refractivity contribution in [2.45, 2.75) is 19.6 Å². The largest absolute Gasteiger partial charge is 0.416 e. The molecule has 0 amide bonds. The van der Waals surface area contributed by atoms with Crippen molar-refractivity contribution >= 4 is 0 Å². The third kappa shape index (κ3) is 2.96. The summed E-state index contributed by atoms with van der Waals surface area (Å²) in [5.41, 5.74) is 8.12. The third-order valence-corrected chi connectivity index (χ3v) is 3.02. The van der Waals surface area contributed by atoms with Crippen LogP contribution in [0.1, 0.15) is 16.7 Å². The topological polar surface area (TPSA) is 26.0 Å². The van der Waals surface area contributed by atoms with Crippen LogP contribution in [0.3, 0.4) is 0 Å². The van der Waals surface area contributed by atoms with Crippen LogP contribution in [0.5, 0.6) is 0 Å². The highest BCUT2D eigenvalue weighted by Gasteiger charge is 2.30. The van der Waals surface area contributed by atoms with Crippen LogP contribution >= 0.6 is 0 Å². The minimum absolute atomic E-state index is 0.0765. The number of hydrogen-bond acceptors (Lipinski definition) is 1. The van der Waals surface area contributed by atoms with Crippen molar-refractivity contribution in [1.29, 1.82) is 0 Å². The molecule has 0 aromatic heterocycles. The Morgan fingerprint density at radius 1 is 1.00 bits per heavy atom. The van der Waals surface area contributed by atoms with Gasteiger partial charge < -0.3 is 5.73 Å². The van der Waals surface area contributed by atoms with E-state index >= 15 is 0 Å². The number of rotatable bonds is 2. The third-order valence-electron chi connectivity index (χ3n) is 3.02. The van der Waals surface area contributed by atoms with E-state index in [1.807, 2.05) is 31.2 Å². The lowest BCUT2D eigenvalue weighted by atomic mass is 9.96. The van der Waals surface area contributed by atoms with Crippen LogP contribution < -0.4 is 5.73 Å². The summed E-state index contributed by atoms with van der Waals surface area (Å²) in [6, 6.07) is 11.3. The van der Waals surface area contributed by atoms with Gasteiger partial charge >= 0.3 is 6.18 Å². The van der Waals surface area contributed by atoms with Gasteiger partial charge in [0.25, 0.3) is 0 Å². The van der Waals surface area contributed by atoms with Gasteiger partial charge in [-0.25, -0.2) is 0 Å². The van der Waals surface area contributed by atoms with Crippen molar-refractivity contribution in [2.24, 2.45) is 5.73 Å². The Morgan fingerprint density at radius 2 is 1.63 bits per heavy atom. The molecule has 0 radical (unpaired) electrons. The molecule has 0 bridgehead atoms. The first kappa shape index (κ1) is 13.6. The zero-order chi connectivity index (χ0) is 14.0. The van der Waals surface area contributed by atoms with Gasteiger partial charge in [0.2, 0.25) is 0 Å². The second kappa shape index (κ2) is 5.05. The highest BCUT2D eigenvalue weighted by molar-refractivity contribution is 5.68. The number of halogens is 3. The number of alkyl halides is 3. The molecular weight excluding hydrogens is 251 g/mol. The van der Waals surface area contributed by atoms with Crippen LogP contribution in [0, 0.1) is 6.92 Å². The molecule has 0 spiro atoms. The van der Waals surface area contributed by atoms with Crippen LogP contribution in [0.2, 0.25) is 0 Å². The molecular formula is C15H14F3N. The average Bonchev–Trinajstić information content (AvgIpc) is 2.38. The number of aryl methyl sites for hydroxylation is 1. The molecule has 0 saturated carbocycles. The maximum atomic E-state index is 12.7.